The molecule has 3 nitrogen and oxygen atoms in total. The minimum Gasteiger partial charge on any atom is -0.369 e. The van der Waals surface area contributed by atoms with Crippen molar-refractivity contribution < 1.29 is 0 Å². The van der Waals surface area contributed by atoms with Crippen molar-refractivity contribution in [2.45, 2.75) is 12.8 Å². The average molecular weight is 135 g/mol. The van der Waals surface area contributed by atoms with Gasteiger partial charge in [-0.15, -0.1) is 0 Å². The van der Waals surface area contributed by atoms with E-state index < -0.39 is 0 Å². The van der Waals surface area contributed by atoms with Gasteiger partial charge in [-0.25, -0.2) is 9.97 Å². The highest BCUT2D eigenvalue weighted by Gasteiger charge is 2.17. The summed E-state index contributed by atoms with van der Waals surface area (Å²) in [6, 6.07) is 0. The van der Waals surface area contributed by atoms with Gasteiger partial charge in [0.15, 0.2) is 0 Å². The summed E-state index contributed by atoms with van der Waals surface area (Å²) in [5.41, 5.74) is 1.24. The van der Waals surface area contributed by atoms with Gasteiger partial charge in [-0.1, -0.05) is 6.92 Å². The zero-order chi connectivity index (χ0) is 6.97. The molecule has 0 aliphatic carbocycles. The quantitative estimate of drug-likeness (QED) is 0.576. The normalized spacial score (nSPS) is 21.9. The smallest absolute Gasteiger partial charge is 0.132 e. The van der Waals surface area contributed by atoms with Crippen LogP contribution >= 0.6 is 0 Å². The largest absolute Gasteiger partial charge is 0.369 e. The molecule has 52 valence electrons. The molecule has 2 heterocycles. The number of anilines is 1. The van der Waals surface area contributed by atoms with Crippen molar-refractivity contribution in [3.63, 3.8) is 0 Å². The van der Waals surface area contributed by atoms with Gasteiger partial charge < -0.3 is 5.32 Å². The van der Waals surface area contributed by atoms with E-state index in [1.807, 2.05) is 6.20 Å². The maximum Gasteiger partial charge on any atom is 0.132 e. The standard InChI is InChI=1S/C7H9N3/c1-5-2-9-7-6(5)3-8-4-10-7/h3-5H,2H2,1H3,(H,8,9,10). The summed E-state index contributed by atoms with van der Waals surface area (Å²) in [4.78, 5) is 8.04. The van der Waals surface area contributed by atoms with E-state index in [0.717, 1.165) is 12.4 Å². The van der Waals surface area contributed by atoms with Gasteiger partial charge in [0, 0.05) is 24.2 Å². The number of hydrogen-bond donors (Lipinski definition) is 1. The lowest BCUT2D eigenvalue weighted by Gasteiger charge is -1.97. The van der Waals surface area contributed by atoms with Gasteiger partial charge in [-0.2, -0.15) is 0 Å². The number of fused-ring (bicyclic) bond motifs is 1. The highest BCUT2D eigenvalue weighted by atomic mass is 15.0. The Hall–Kier alpha value is -1.12. The fraction of sp³-hybridized carbons (Fsp3) is 0.429. The van der Waals surface area contributed by atoms with E-state index in [1.165, 1.54) is 5.56 Å². The van der Waals surface area contributed by atoms with Gasteiger partial charge in [-0.05, 0) is 0 Å². The van der Waals surface area contributed by atoms with Crippen molar-refractivity contribution in [1.29, 1.82) is 0 Å². The van der Waals surface area contributed by atoms with Gasteiger partial charge in [0.1, 0.15) is 12.1 Å². The zero-order valence-electron chi connectivity index (χ0n) is 5.83. The Morgan fingerprint density at radius 1 is 1.70 bits per heavy atom. The molecule has 1 aromatic heterocycles. The third kappa shape index (κ3) is 0.667. The van der Waals surface area contributed by atoms with Crippen LogP contribution in [0.25, 0.3) is 0 Å². The minimum atomic E-state index is 0.566. The van der Waals surface area contributed by atoms with Crippen LogP contribution in [0.2, 0.25) is 0 Å². The lowest BCUT2D eigenvalue weighted by Crippen LogP contribution is -1.96. The third-order valence-electron chi connectivity index (χ3n) is 1.85. The maximum absolute atomic E-state index is 4.09. The Morgan fingerprint density at radius 3 is 3.40 bits per heavy atom. The molecule has 1 unspecified atom stereocenters. The topological polar surface area (TPSA) is 37.8 Å². The molecular formula is C7H9N3. The average Bonchev–Trinajstić information content (AvgIpc) is 2.34. The number of aromatic nitrogens is 2. The van der Waals surface area contributed by atoms with Crippen molar-refractivity contribution in [3.05, 3.63) is 18.1 Å². The van der Waals surface area contributed by atoms with Crippen molar-refractivity contribution in [1.82, 2.24) is 9.97 Å². The third-order valence-corrected chi connectivity index (χ3v) is 1.85. The Bertz CT molecular complexity index is 246. The zero-order valence-corrected chi connectivity index (χ0v) is 5.83. The van der Waals surface area contributed by atoms with Crippen LogP contribution in [0.4, 0.5) is 5.82 Å². The van der Waals surface area contributed by atoms with Crippen molar-refractivity contribution in [2.24, 2.45) is 0 Å². The van der Waals surface area contributed by atoms with E-state index in [4.69, 9.17) is 0 Å². The van der Waals surface area contributed by atoms with Gasteiger partial charge in [0.2, 0.25) is 0 Å². The Morgan fingerprint density at radius 2 is 2.60 bits per heavy atom. The summed E-state index contributed by atoms with van der Waals surface area (Å²) in [6.45, 7) is 3.16. The molecule has 0 spiro atoms. The van der Waals surface area contributed by atoms with Gasteiger partial charge in [0.25, 0.3) is 0 Å². The number of nitrogens with one attached hydrogen (secondary N) is 1. The van der Waals surface area contributed by atoms with Crippen molar-refractivity contribution in [3.8, 4) is 0 Å². The molecule has 10 heavy (non-hydrogen) atoms. The first-order valence-electron chi connectivity index (χ1n) is 3.41. The van der Waals surface area contributed by atoms with Gasteiger partial charge >= 0.3 is 0 Å². The molecule has 1 aliphatic heterocycles. The predicted octanol–water partition coefficient (Wildman–Crippen LogP) is 1.01. The van der Waals surface area contributed by atoms with E-state index in [2.05, 4.69) is 22.2 Å². The fourth-order valence-corrected chi connectivity index (χ4v) is 1.21. The Balaban J connectivity index is 2.51. The molecule has 0 saturated heterocycles. The van der Waals surface area contributed by atoms with Crippen LogP contribution in [0, 0.1) is 0 Å². The van der Waals surface area contributed by atoms with E-state index in [9.17, 15) is 0 Å². The van der Waals surface area contributed by atoms with Crippen LogP contribution in [0.5, 0.6) is 0 Å². The minimum absolute atomic E-state index is 0.566. The monoisotopic (exact) mass is 135 g/mol. The highest BCUT2D eigenvalue weighted by Crippen LogP contribution is 2.26. The van der Waals surface area contributed by atoms with E-state index >= 15 is 0 Å². The number of rotatable bonds is 0. The van der Waals surface area contributed by atoms with Gasteiger partial charge in [-0.3, -0.25) is 0 Å². The summed E-state index contributed by atoms with van der Waals surface area (Å²) < 4.78 is 0. The molecule has 0 aromatic carbocycles. The molecule has 0 fully saturated rings. The van der Waals surface area contributed by atoms with Crippen molar-refractivity contribution >= 4 is 5.82 Å². The summed E-state index contributed by atoms with van der Waals surface area (Å²) in [5.74, 6) is 1.57. The summed E-state index contributed by atoms with van der Waals surface area (Å²) in [7, 11) is 0. The Labute approximate surface area is 59.5 Å². The lowest BCUT2D eigenvalue weighted by atomic mass is 10.1. The van der Waals surface area contributed by atoms with Crippen LogP contribution in [0.3, 0.4) is 0 Å². The van der Waals surface area contributed by atoms with Gasteiger partial charge in [0.05, 0.1) is 0 Å². The molecule has 1 atom stereocenters. The first-order chi connectivity index (χ1) is 4.88. The van der Waals surface area contributed by atoms with Crippen LogP contribution in [-0.4, -0.2) is 16.5 Å². The molecule has 1 N–H and O–H groups in total. The fourth-order valence-electron chi connectivity index (χ4n) is 1.21. The second-order valence-corrected chi connectivity index (χ2v) is 2.61. The molecule has 0 amide bonds. The summed E-state index contributed by atoms with van der Waals surface area (Å²) in [6.07, 6.45) is 3.46. The summed E-state index contributed by atoms with van der Waals surface area (Å²) in [5, 5.41) is 3.20. The van der Waals surface area contributed by atoms with E-state index in [-0.39, 0.29) is 0 Å². The maximum atomic E-state index is 4.09. The summed E-state index contributed by atoms with van der Waals surface area (Å²) >= 11 is 0. The lowest BCUT2D eigenvalue weighted by molar-refractivity contribution is 0.848. The molecule has 3 heteroatoms. The predicted molar refractivity (Wildman–Crippen MR) is 38.9 cm³/mol. The molecule has 0 saturated carbocycles. The highest BCUT2D eigenvalue weighted by molar-refractivity contribution is 5.49. The number of hydrogen-bond acceptors (Lipinski definition) is 3. The molecule has 0 radical (unpaired) electrons. The first-order valence-corrected chi connectivity index (χ1v) is 3.41. The second-order valence-electron chi connectivity index (χ2n) is 2.61. The molecule has 1 aliphatic rings. The van der Waals surface area contributed by atoms with Crippen LogP contribution < -0.4 is 5.32 Å². The first kappa shape index (κ1) is 5.65. The second kappa shape index (κ2) is 1.94. The molecule has 2 rings (SSSR count). The van der Waals surface area contributed by atoms with Crippen LogP contribution in [0.1, 0.15) is 18.4 Å². The Kier molecular flexibility index (Phi) is 1.09. The molecular weight excluding hydrogens is 126 g/mol. The van der Waals surface area contributed by atoms with E-state index in [0.29, 0.717) is 5.92 Å². The molecule has 0 bridgehead atoms. The molecule has 1 aromatic rings. The van der Waals surface area contributed by atoms with Crippen LogP contribution in [0.15, 0.2) is 12.5 Å². The SMILES string of the molecule is CC1CNc2ncncc21. The van der Waals surface area contributed by atoms with Crippen molar-refractivity contribution in [2.75, 3.05) is 11.9 Å². The number of nitrogens with zero attached hydrogens (tertiary/aromatic N) is 2. The van der Waals surface area contributed by atoms with Crippen LogP contribution in [-0.2, 0) is 0 Å². The van der Waals surface area contributed by atoms with E-state index in [1.54, 1.807) is 6.33 Å².